The Kier molecular flexibility index (Phi) is 4.93. The van der Waals surface area contributed by atoms with Gasteiger partial charge in [0.25, 0.3) is 0 Å². The van der Waals surface area contributed by atoms with E-state index < -0.39 is 5.76 Å². The topological polar surface area (TPSA) is 101 Å². The van der Waals surface area contributed by atoms with Crippen molar-refractivity contribution in [3.63, 3.8) is 0 Å². The summed E-state index contributed by atoms with van der Waals surface area (Å²) in [6, 6.07) is 3.50. The first-order valence-electron chi connectivity index (χ1n) is 8.08. The lowest BCUT2D eigenvalue weighted by Gasteiger charge is -2.31. The van der Waals surface area contributed by atoms with Crippen molar-refractivity contribution < 1.29 is 14.1 Å². The van der Waals surface area contributed by atoms with E-state index in [9.17, 15) is 9.59 Å². The Morgan fingerprint density at radius 2 is 2.21 bits per heavy atom. The molecule has 1 aliphatic rings. The Balaban J connectivity index is 1.49. The van der Waals surface area contributed by atoms with E-state index in [1.54, 1.807) is 18.3 Å². The lowest BCUT2D eigenvalue weighted by atomic mass is 9.97. The molecule has 1 amide bonds. The van der Waals surface area contributed by atoms with Crippen LogP contribution in [0.15, 0.2) is 27.6 Å². The summed E-state index contributed by atoms with van der Waals surface area (Å²) in [6.07, 6.45) is 4.07. The van der Waals surface area contributed by atoms with Crippen LogP contribution in [0.3, 0.4) is 0 Å². The molecule has 3 heterocycles. The van der Waals surface area contributed by atoms with Gasteiger partial charge in [0.2, 0.25) is 11.7 Å². The monoisotopic (exact) mass is 332 g/mol. The van der Waals surface area contributed by atoms with Gasteiger partial charge in [0.15, 0.2) is 0 Å². The van der Waals surface area contributed by atoms with Crippen molar-refractivity contribution in [2.75, 3.05) is 19.7 Å². The maximum absolute atomic E-state index is 11.7. The lowest BCUT2D eigenvalue weighted by Crippen LogP contribution is -2.39. The van der Waals surface area contributed by atoms with Gasteiger partial charge in [0, 0.05) is 19.5 Å². The van der Waals surface area contributed by atoms with Gasteiger partial charge in [-0.3, -0.25) is 14.3 Å². The number of H-pyrrole nitrogens is 1. The average molecular weight is 332 g/mol. The van der Waals surface area contributed by atoms with E-state index in [1.807, 2.05) is 11.8 Å². The summed E-state index contributed by atoms with van der Waals surface area (Å²) < 4.78 is 10.2. The quantitative estimate of drug-likeness (QED) is 0.889. The average Bonchev–Trinajstić information content (AvgIpc) is 3.06. The van der Waals surface area contributed by atoms with E-state index in [1.165, 1.54) is 0 Å². The normalized spacial score (nSPS) is 15.5. The number of hydrogen-bond acceptors (Lipinski definition) is 6. The van der Waals surface area contributed by atoms with Crippen molar-refractivity contribution in [1.29, 1.82) is 0 Å². The third-order valence-electron chi connectivity index (χ3n) is 4.17. The molecule has 8 heteroatoms. The fourth-order valence-corrected chi connectivity index (χ4v) is 2.73. The van der Waals surface area contributed by atoms with E-state index in [-0.39, 0.29) is 5.91 Å². The maximum atomic E-state index is 11.7. The number of amides is 1. The summed E-state index contributed by atoms with van der Waals surface area (Å²) in [4.78, 5) is 31.2. The molecule has 0 bridgehead atoms. The minimum absolute atomic E-state index is 0.222. The van der Waals surface area contributed by atoms with Crippen LogP contribution in [-0.4, -0.2) is 45.6 Å². The molecule has 0 unspecified atom stereocenters. The Morgan fingerprint density at radius 3 is 2.79 bits per heavy atom. The standard InChI is InChI=1S/C16H20N4O4/c1-2-14(21)20-7-5-11(6-8-20)10-23-12-3-4-13(17-9-12)15-18-16(22)24-19-15/h3-4,9,11H,2,5-8,10H2,1H3,(H,18,19,22). The maximum Gasteiger partial charge on any atom is 0.439 e. The first kappa shape index (κ1) is 16.2. The van der Waals surface area contributed by atoms with Crippen molar-refractivity contribution in [2.24, 2.45) is 5.92 Å². The number of carbonyl (C=O) groups excluding carboxylic acids is 1. The summed E-state index contributed by atoms with van der Waals surface area (Å²) in [7, 11) is 0. The van der Waals surface area contributed by atoms with Crippen molar-refractivity contribution in [3.8, 4) is 17.3 Å². The molecule has 24 heavy (non-hydrogen) atoms. The zero-order chi connectivity index (χ0) is 16.9. The second-order valence-electron chi connectivity index (χ2n) is 5.81. The highest BCUT2D eigenvalue weighted by molar-refractivity contribution is 5.75. The number of aromatic nitrogens is 3. The molecule has 128 valence electrons. The third kappa shape index (κ3) is 3.81. The zero-order valence-corrected chi connectivity index (χ0v) is 13.5. The van der Waals surface area contributed by atoms with Crippen molar-refractivity contribution in [1.82, 2.24) is 20.0 Å². The molecule has 2 aromatic rings. The molecule has 3 rings (SSSR count). The summed E-state index contributed by atoms with van der Waals surface area (Å²) in [5.74, 6) is 1.01. The molecule has 0 aliphatic carbocycles. The smallest absolute Gasteiger partial charge is 0.439 e. The highest BCUT2D eigenvalue weighted by Crippen LogP contribution is 2.20. The van der Waals surface area contributed by atoms with Gasteiger partial charge in [0.05, 0.1) is 12.8 Å². The molecule has 0 radical (unpaired) electrons. The Bertz CT molecular complexity index is 729. The largest absolute Gasteiger partial charge is 0.492 e. The number of rotatable bonds is 5. The number of nitrogens with zero attached hydrogens (tertiary/aromatic N) is 3. The highest BCUT2D eigenvalue weighted by atomic mass is 16.5. The first-order valence-corrected chi connectivity index (χ1v) is 8.08. The number of likely N-dealkylation sites (tertiary alicyclic amines) is 1. The van der Waals surface area contributed by atoms with Gasteiger partial charge in [-0.2, -0.15) is 0 Å². The second kappa shape index (κ2) is 7.29. The van der Waals surface area contributed by atoms with Crippen LogP contribution in [0.25, 0.3) is 11.5 Å². The van der Waals surface area contributed by atoms with Gasteiger partial charge in [-0.25, -0.2) is 9.78 Å². The van der Waals surface area contributed by atoms with E-state index in [4.69, 9.17) is 4.74 Å². The molecule has 0 aromatic carbocycles. The van der Waals surface area contributed by atoms with Crippen LogP contribution in [-0.2, 0) is 4.79 Å². The fraction of sp³-hybridized carbons (Fsp3) is 0.500. The van der Waals surface area contributed by atoms with Crippen LogP contribution in [0.4, 0.5) is 0 Å². The van der Waals surface area contributed by atoms with Crippen LogP contribution in [0.1, 0.15) is 26.2 Å². The summed E-state index contributed by atoms with van der Waals surface area (Å²) in [6.45, 7) is 4.10. The van der Waals surface area contributed by atoms with Crippen LogP contribution in [0.2, 0.25) is 0 Å². The number of piperidine rings is 1. The van der Waals surface area contributed by atoms with Crippen LogP contribution in [0, 0.1) is 5.92 Å². The van der Waals surface area contributed by atoms with Crippen molar-refractivity contribution in [3.05, 3.63) is 28.9 Å². The van der Waals surface area contributed by atoms with E-state index in [0.717, 1.165) is 25.9 Å². The van der Waals surface area contributed by atoms with E-state index in [0.29, 0.717) is 36.2 Å². The molecule has 2 aromatic heterocycles. The van der Waals surface area contributed by atoms with Gasteiger partial charge in [-0.05, 0) is 30.9 Å². The molecule has 1 aliphatic heterocycles. The number of aromatic amines is 1. The minimum Gasteiger partial charge on any atom is -0.492 e. The molecule has 8 nitrogen and oxygen atoms in total. The van der Waals surface area contributed by atoms with Crippen molar-refractivity contribution in [2.45, 2.75) is 26.2 Å². The van der Waals surface area contributed by atoms with E-state index >= 15 is 0 Å². The Labute approximate surface area is 138 Å². The molecule has 0 spiro atoms. The molecular formula is C16H20N4O4. The number of hydrogen-bond donors (Lipinski definition) is 1. The van der Waals surface area contributed by atoms with Crippen LogP contribution >= 0.6 is 0 Å². The molecular weight excluding hydrogens is 312 g/mol. The van der Waals surface area contributed by atoms with Gasteiger partial charge in [0.1, 0.15) is 11.4 Å². The Hall–Kier alpha value is -2.64. The molecule has 1 saturated heterocycles. The fourth-order valence-electron chi connectivity index (χ4n) is 2.73. The summed E-state index contributed by atoms with van der Waals surface area (Å²) in [5, 5.41) is 3.58. The predicted molar refractivity (Wildman–Crippen MR) is 85.4 cm³/mol. The molecule has 0 atom stereocenters. The first-order chi connectivity index (χ1) is 11.7. The second-order valence-corrected chi connectivity index (χ2v) is 5.81. The molecule has 1 N–H and O–H groups in total. The van der Waals surface area contributed by atoms with E-state index in [2.05, 4.69) is 19.6 Å². The SMILES string of the molecule is CCC(=O)N1CCC(COc2ccc(-c3noc(=O)[nH]3)nc2)CC1. The number of carbonyl (C=O) groups is 1. The van der Waals surface area contributed by atoms with Crippen LogP contribution in [0.5, 0.6) is 5.75 Å². The van der Waals surface area contributed by atoms with Gasteiger partial charge in [-0.15, -0.1) is 0 Å². The van der Waals surface area contributed by atoms with Gasteiger partial charge in [-0.1, -0.05) is 12.1 Å². The van der Waals surface area contributed by atoms with Gasteiger partial charge < -0.3 is 9.64 Å². The highest BCUT2D eigenvalue weighted by Gasteiger charge is 2.22. The van der Waals surface area contributed by atoms with Crippen LogP contribution < -0.4 is 10.5 Å². The predicted octanol–water partition coefficient (Wildman–Crippen LogP) is 1.45. The third-order valence-corrected chi connectivity index (χ3v) is 4.17. The molecule has 0 saturated carbocycles. The number of ether oxygens (including phenoxy) is 1. The van der Waals surface area contributed by atoms with Crippen molar-refractivity contribution >= 4 is 5.91 Å². The minimum atomic E-state index is -0.611. The zero-order valence-electron chi connectivity index (χ0n) is 13.5. The lowest BCUT2D eigenvalue weighted by molar-refractivity contribution is -0.132. The summed E-state index contributed by atoms with van der Waals surface area (Å²) >= 11 is 0. The Morgan fingerprint density at radius 1 is 1.42 bits per heavy atom. The van der Waals surface area contributed by atoms with Gasteiger partial charge >= 0.3 is 5.76 Å². The number of nitrogens with one attached hydrogen (secondary N) is 1. The summed E-state index contributed by atoms with van der Waals surface area (Å²) in [5.41, 5.74) is 0.514. The molecule has 1 fully saturated rings. The number of pyridine rings is 1.